The molecular formula is C10H13N. The molecule has 0 fully saturated rings. The maximum atomic E-state index is 6.50. The molecule has 1 aromatic rings. The number of rotatable bonds is 1. The van der Waals surface area contributed by atoms with Gasteiger partial charge in [-0.3, -0.25) is 0 Å². The van der Waals surface area contributed by atoms with E-state index in [1.54, 1.807) is 0 Å². The molecule has 58 valence electrons. The van der Waals surface area contributed by atoms with Gasteiger partial charge in [-0.1, -0.05) is 44.2 Å². The Morgan fingerprint density at radius 3 is 1.82 bits per heavy atom. The fourth-order valence-corrected chi connectivity index (χ4v) is 0.838. The summed E-state index contributed by atoms with van der Waals surface area (Å²) >= 11 is 0. The van der Waals surface area contributed by atoms with Crippen molar-refractivity contribution in [1.82, 2.24) is 0 Å². The Labute approximate surface area is 68.3 Å². The van der Waals surface area contributed by atoms with Crippen LogP contribution in [0.1, 0.15) is 25.3 Å². The van der Waals surface area contributed by atoms with Crippen molar-refractivity contribution < 1.29 is 0 Å². The third-order valence-electron chi connectivity index (χ3n) is 1.47. The Balaban J connectivity index is 0.000000461. The second kappa shape index (κ2) is 5.49. The molecule has 0 heterocycles. The van der Waals surface area contributed by atoms with Crippen LogP contribution in [0.2, 0.25) is 0 Å². The van der Waals surface area contributed by atoms with E-state index in [-0.39, 0.29) is 0 Å². The molecule has 0 atom stereocenters. The molecule has 0 aliphatic carbocycles. The molecule has 0 N–H and O–H groups in total. The predicted octanol–water partition coefficient (Wildman–Crippen LogP) is 2.95. The van der Waals surface area contributed by atoms with Crippen LogP contribution in [0, 0.1) is 11.8 Å². The van der Waals surface area contributed by atoms with E-state index in [9.17, 15) is 0 Å². The molecule has 1 nitrogen and oxygen atoms in total. The summed E-state index contributed by atoms with van der Waals surface area (Å²) in [7, 11) is 0. The Bertz CT molecular complexity index is 199. The van der Waals surface area contributed by atoms with E-state index in [1.807, 2.05) is 6.07 Å². The van der Waals surface area contributed by atoms with Crippen molar-refractivity contribution in [3.05, 3.63) is 35.9 Å². The molecule has 0 spiro atoms. The SMILES string of the molecule is C#N.CC(C)c1ccccc1. The van der Waals surface area contributed by atoms with Crippen molar-refractivity contribution >= 4 is 0 Å². The number of hydrogen-bond acceptors (Lipinski definition) is 1. The van der Waals surface area contributed by atoms with Gasteiger partial charge >= 0.3 is 0 Å². The third kappa shape index (κ3) is 3.42. The van der Waals surface area contributed by atoms with Crippen molar-refractivity contribution in [3.63, 3.8) is 0 Å². The third-order valence-corrected chi connectivity index (χ3v) is 1.47. The van der Waals surface area contributed by atoms with Crippen LogP contribution in [-0.2, 0) is 0 Å². The monoisotopic (exact) mass is 147 g/mol. The van der Waals surface area contributed by atoms with Gasteiger partial charge in [0.25, 0.3) is 0 Å². The van der Waals surface area contributed by atoms with Crippen LogP contribution in [0.5, 0.6) is 0 Å². The first-order valence-electron chi connectivity index (χ1n) is 3.61. The van der Waals surface area contributed by atoms with E-state index < -0.39 is 0 Å². The zero-order valence-electron chi connectivity index (χ0n) is 6.99. The Hall–Kier alpha value is -1.29. The van der Waals surface area contributed by atoms with Crippen LogP contribution in [0.4, 0.5) is 0 Å². The highest BCUT2D eigenvalue weighted by molar-refractivity contribution is 5.17. The second-order valence-electron chi connectivity index (χ2n) is 2.57. The molecular weight excluding hydrogens is 134 g/mol. The first-order chi connectivity index (χ1) is 5.30. The lowest BCUT2D eigenvalue weighted by Crippen LogP contribution is -1.83. The number of nitrogens with zero attached hydrogens (tertiary/aromatic N) is 1. The van der Waals surface area contributed by atoms with Gasteiger partial charge in [-0.05, 0) is 11.5 Å². The topological polar surface area (TPSA) is 23.8 Å². The van der Waals surface area contributed by atoms with Gasteiger partial charge < -0.3 is 0 Å². The van der Waals surface area contributed by atoms with Crippen LogP contribution in [0.15, 0.2) is 30.3 Å². The van der Waals surface area contributed by atoms with Crippen molar-refractivity contribution in [2.45, 2.75) is 19.8 Å². The number of benzene rings is 1. The Morgan fingerprint density at radius 1 is 1.09 bits per heavy atom. The summed E-state index contributed by atoms with van der Waals surface area (Å²) in [5, 5.41) is 6.50. The zero-order valence-corrected chi connectivity index (χ0v) is 6.99. The van der Waals surface area contributed by atoms with Crippen LogP contribution < -0.4 is 0 Å². The standard InChI is InChI=1S/C9H12.CHN/c1-8(2)9-6-4-3-5-7-9;1-2/h3-8H,1-2H3;1H. The molecule has 0 bridgehead atoms. The van der Waals surface area contributed by atoms with E-state index in [4.69, 9.17) is 5.26 Å². The normalized spacial score (nSPS) is 8.45. The first-order valence-corrected chi connectivity index (χ1v) is 3.61. The van der Waals surface area contributed by atoms with Crippen molar-refractivity contribution in [1.29, 1.82) is 5.26 Å². The minimum atomic E-state index is 0.659. The van der Waals surface area contributed by atoms with Gasteiger partial charge in [-0.2, -0.15) is 0 Å². The molecule has 0 aliphatic heterocycles. The van der Waals surface area contributed by atoms with Crippen molar-refractivity contribution in [3.8, 4) is 6.57 Å². The van der Waals surface area contributed by atoms with Gasteiger partial charge in [-0.15, -0.1) is 0 Å². The minimum Gasteiger partial charge on any atom is -0.202 e. The summed E-state index contributed by atoms with van der Waals surface area (Å²) in [6, 6.07) is 10.5. The fraction of sp³-hybridized carbons (Fsp3) is 0.300. The summed E-state index contributed by atoms with van der Waals surface area (Å²) < 4.78 is 0. The van der Waals surface area contributed by atoms with Crippen LogP contribution in [0.25, 0.3) is 0 Å². The average Bonchev–Trinajstić information content (AvgIpc) is 2.10. The van der Waals surface area contributed by atoms with E-state index in [0.717, 1.165) is 0 Å². The highest BCUT2D eigenvalue weighted by atomic mass is 14.2. The molecule has 11 heavy (non-hydrogen) atoms. The molecule has 0 aliphatic rings. The maximum Gasteiger partial charge on any atom is 0.0462 e. The summed E-state index contributed by atoms with van der Waals surface area (Å²) in [6.07, 6.45) is 0. The molecule has 0 unspecified atom stereocenters. The fourth-order valence-electron chi connectivity index (χ4n) is 0.838. The van der Waals surface area contributed by atoms with Gasteiger partial charge in [0.1, 0.15) is 0 Å². The average molecular weight is 147 g/mol. The molecule has 1 rings (SSSR count). The van der Waals surface area contributed by atoms with E-state index in [2.05, 4.69) is 44.7 Å². The quantitative estimate of drug-likeness (QED) is 0.599. The van der Waals surface area contributed by atoms with E-state index in [1.165, 1.54) is 5.56 Å². The van der Waals surface area contributed by atoms with Gasteiger partial charge in [0, 0.05) is 6.57 Å². The molecule has 0 amide bonds. The molecule has 1 aromatic carbocycles. The van der Waals surface area contributed by atoms with E-state index >= 15 is 0 Å². The number of nitriles is 1. The lowest BCUT2D eigenvalue weighted by atomic mass is 10.0. The molecule has 1 heteroatoms. The zero-order chi connectivity index (χ0) is 8.69. The van der Waals surface area contributed by atoms with Crippen molar-refractivity contribution in [2.75, 3.05) is 0 Å². The van der Waals surface area contributed by atoms with E-state index in [0.29, 0.717) is 5.92 Å². The smallest absolute Gasteiger partial charge is 0.0462 e. The van der Waals surface area contributed by atoms with Crippen molar-refractivity contribution in [2.24, 2.45) is 0 Å². The molecule has 0 saturated carbocycles. The summed E-state index contributed by atoms with van der Waals surface area (Å²) in [4.78, 5) is 0. The Morgan fingerprint density at radius 2 is 1.55 bits per heavy atom. The first kappa shape index (κ1) is 9.71. The largest absolute Gasteiger partial charge is 0.202 e. The van der Waals surface area contributed by atoms with Crippen LogP contribution >= 0.6 is 0 Å². The lowest BCUT2D eigenvalue weighted by molar-refractivity contribution is 0.867. The summed E-state index contributed by atoms with van der Waals surface area (Å²) in [6.45, 7) is 7.91. The molecule has 0 radical (unpaired) electrons. The Kier molecular flexibility index (Phi) is 4.85. The second-order valence-corrected chi connectivity index (χ2v) is 2.57. The van der Waals surface area contributed by atoms with Gasteiger partial charge in [-0.25, -0.2) is 5.26 Å². The summed E-state index contributed by atoms with van der Waals surface area (Å²) in [5.41, 5.74) is 1.41. The molecule has 0 saturated heterocycles. The number of hydrogen-bond donors (Lipinski definition) is 0. The maximum absolute atomic E-state index is 6.50. The predicted molar refractivity (Wildman–Crippen MR) is 47.2 cm³/mol. The van der Waals surface area contributed by atoms with Crippen LogP contribution in [-0.4, -0.2) is 0 Å². The van der Waals surface area contributed by atoms with Gasteiger partial charge in [0.2, 0.25) is 0 Å². The highest BCUT2D eigenvalue weighted by Crippen LogP contribution is 2.11. The van der Waals surface area contributed by atoms with Gasteiger partial charge in [0.05, 0.1) is 0 Å². The summed E-state index contributed by atoms with van der Waals surface area (Å²) in [5.74, 6) is 0.659. The minimum absolute atomic E-state index is 0.659. The lowest BCUT2D eigenvalue weighted by Gasteiger charge is -2.01. The van der Waals surface area contributed by atoms with Gasteiger partial charge in [0.15, 0.2) is 0 Å². The highest BCUT2D eigenvalue weighted by Gasteiger charge is 1.93. The molecule has 0 aromatic heterocycles. The van der Waals surface area contributed by atoms with Crippen LogP contribution in [0.3, 0.4) is 0 Å².